The van der Waals surface area contributed by atoms with Gasteiger partial charge in [0.1, 0.15) is 11.2 Å². The summed E-state index contributed by atoms with van der Waals surface area (Å²) in [6.07, 6.45) is 0. The maximum absolute atomic E-state index is 10.7. The first-order valence-electron chi connectivity index (χ1n) is 19.5. The summed E-state index contributed by atoms with van der Waals surface area (Å²) in [5, 5.41) is 17.5. The molecule has 270 valence electrons. The number of nitrogens with zero attached hydrogens (tertiary/aromatic N) is 4. The summed E-state index contributed by atoms with van der Waals surface area (Å²) in [4.78, 5) is 4.05. The molecule has 0 saturated heterocycles. The lowest BCUT2D eigenvalue weighted by molar-refractivity contribution is 0.661. The smallest absolute Gasteiger partial charge is 0.197 e. The van der Waals surface area contributed by atoms with Gasteiger partial charge in [-0.2, -0.15) is 5.26 Å². The van der Waals surface area contributed by atoms with Gasteiger partial charge in [-0.25, -0.2) is 4.85 Å². The number of furan rings is 1. The van der Waals surface area contributed by atoms with Crippen LogP contribution in [0.1, 0.15) is 30.5 Å². The van der Waals surface area contributed by atoms with E-state index in [4.69, 9.17) is 11.0 Å². The van der Waals surface area contributed by atoms with Crippen molar-refractivity contribution < 1.29 is 4.42 Å². The first-order chi connectivity index (χ1) is 28.4. The van der Waals surface area contributed by atoms with E-state index in [0.717, 1.165) is 77.3 Å². The molecule has 5 heteroatoms. The van der Waals surface area contributed by atoms with Gasteiger partial charge in [-0.3, -0.25) is 0 Å². The van der Waals surface area contributed by atoms with Crippen LogP contribution in [0.4, 0.5) is 5.69 Å². The molecule has 0 unspecified atom stereocenters. The third-order valence-electron chi connectivity index (χ3n) is 12.6. The molecule has 0 bridgehead atoms. The molecule has 1 aliphatic rings. The topological polar surface area (TPSA) is 51.1 Å². The van der Waals surface area contributed by atoms with E-state index in [1.807, 2.05) is 48.5 Å². The summed E-state index contributed by atoms with van der Waals surface area (Å²) in [5.74, 6) is 0. The second-order valence-electron chi connectivity index (χ2n) is 15.9. The molecule has 0 atom stereocenters. The summed E-state index contributed by atoms with van der Waals surface area (Å²) < 4.78 is 10.8. The minimum absolute atomic E-state index is 0.113. The van der Waals surface area contributed by atoms with Crippen molar-refractivity contribution >= 4 is 71.2 Å². The van der Waals surface area contributed by atoms with E-state index in [1.165, 1.54) is 33.0 Å². The fourth-order valence-electron chi connectivity index (χ4n) is 9.97. The lowest BCUT2D eigenvalue weighted by atomic mass is 9.82. The molecule has 3 heterocycles. The number of nitriles is 1. The first-order valence-corrected chi connectivity index (χ1v) is 19.5. The zero-order valence-electron chi connectivity index (χ0n) is 31.7. The van der Waals surface area contributed by atoms with Crippen molar-refractivity contribution in [2.45, 2.75) is 19.3 Å². The average molecular weight is 741 g/mol. The molecule has 0 N–H and O–H groups in total. The molecule has 11 aromatic rings. The third kappa shape index (κ3) is 4.22. The molecule has 8 aromatic carbocycles. The Morgan fingerprint density at radius 2 is 1.21 bits per heavy atom. The van der Waals surface area contributed by atoms with Crippen LogP contribution in [0.5, 0.6) is 0 Å². The van der Waals surface area contributed by atoms with Crippen molar-refractivity contribution in [1.29, 1.82) is 5.26 Å². The second-order valence-corrected chi connectivity index (χ2v) is 15.9. The minimum Gasteiger partial charge on any atom is -0.456 e. The lowest BCUT2D eigenvalue weighted by Crippen LogP contribution is -2.14. The lowest BCUT2D eigenvalue weighted by Gasteiger charge is -2.21. The van der Waals surface area contributed by atoms with Crippen LogP contribution in [-0.4, -0.2) is 9.13 Å². The maximum Gasteiger partial charge on any atom is 0.197 e. The Balaban J connectivity index is 1.02. The van der Waals surface area contributed by atoms with E-state index >= 15 is 0 Å². The summed E-state index contributed by atoms with van der Waals surface area (Å²) in [6.45, 7) is 13.0. The fourth-order valence-corrected chi connectivity index (χ4v) is 9.97. The van der Waals surface area contributed by atoms with Crippen molar-refractivity contribution in [3.05, 3.63) is 186 Å². The molecule has 5 nitrogen and oxygen atoms in total. The van der Waals surface area contributed by atoms with Crippen LogP contribution < -0.4 is 0 Å². The highest BCUT2D eigenvalue weighted by molar-refractivity contribution is 6.19. The summed E-state index contributed by atoms with van der Waals surface area (Å²) in [6, 6.07) is 57.3. The average Bonchev–Trinajstić information content (AvgIpc) is 3.97. The van der Waals surface area contributed by atoms with Crippen LogP contribution in [0.2, 0.25) is 0 Å². The van der Waals surface area contributed by atoms with E-state index in [0.29, 0.717) is 11.3 Å². The molecular formula is C53H32N4O. The Bertz CT molecular complexity index is 3690. The molecule has 0 saturated carbocycles. The first kappa shape index (κ1) is 32.4. The third-order valence-corrected chi connectivity index (χ3v) is 12.6. The van der Waals surface area contributed by atoms with Gasteiger partial charge in [0, 0.05) is 55.2 Å². The van der Waals surface area contributed by atoms with Crippen LogP contribution in [-0.2, 0) is 5.41 Å². The van der Waals surface area contributed by atoms with Gasteiger partial charge in [0.15, 0.2) is 5.69 Å². The van der Waals surface area contributed by atoms with Crippen LogP contribution in [0.15, 0.2) is 162 Å². The minimum atomic E-state index is -0.113. The Hall–Kier alpha value is -7.86. The van der Waals surface area contributed by atoms with Gasteiger partial charge < -0.3 is 13.6 Å². The highest BCUT2D eigenvalue weighted by Gasteiger charge is 2.37. The SMILES string of the molecule is [C-]#[N+]c1cc(-n2c3ccccc3c3cc4c(cc32)oc2ccccc24)ccc1-c1ccc(-n2c3ccccc3c3c4c(ccc32)C(C)(C)c2ccccc2-4)cc1C#N. The number of fused-ring (bicyclic) bond motifs is 13. The zero-order chi connectivity index (χ0) is 38.9. The van der Waals surface area contributed by atoms with Gasteiger partial charge in [-0.1, -0.05) is 111 Å². The number of hydrogen-bond donors (Lipinski definition) is 0. The molecule has 0 fully saturated rings. The van der Waals surface area contributed by atoms with Crippen LogP contribution in [0.3, 0.4) is 0 Å². The molecule has 0 radical (unpaired) electrons. The number of para-hydroxylation sites is 3. The van der Waals surface area contributed by atoms with E-state index in [9.17, 15) is 5.26 Å². The standard InChI is InChI=1S/C53H32N4O/c1-53(2)42-16-8-4-14-38(42)51-43(53)24-25-47-52(51)39-15-6-10-18-46(39)56(47)32-20-22-34(31(26-32)30-54)35-23-21-33(27-44(35)55-3)57-45-17-9-5-12-36(45)40-28-41-37-13-7-11-19-49(37)58-50(41)29-48(40)57/h4-29H,1-2H3. The van der Waals surface area contributed by atoms with Gasteiger partial charge in [0.05, 0.1) is 40.3 Å². The van der Waals surface area contributed by atoms with Crippen LogP contribution >= 0.6 is 0 Å². The molecular weight excluding hydrogens is 709 g/mol. The largest absolute Gasteiger partial charge is 0.456 e. The maximum atomic E-state index is 10.7. The molecule has 0 spiro atoms. The van der Waals surface area contributed by atoms with Gasteiger partial charge >= 0.3 is 0 Å². The Morgan fingerprint density at radius 1 is 0.534 bits per heavy atom. The van der Waals surface area contributed by atoms with E-state index in [2.05, 4.69) is 143 Å². The monoisotopic (exact) mass is 740 g/mol. The van der Waals surface area contributed by atoms with Gasteiger partial charge in [-0.15, -0.1) is 0 Å². The predicted molar refractivity (Wildman–Crippen MR) is 236 cm³/mol. The molecule has 0 aliphatic heterocycles. The molecule has 12 rings (SSSR count). The summed E-state index contributed by atoms with van der Waals surface area (Å²) in [7, 11) is 0. The Kier molecular flexibility index (Phi) is 6.47. The molecule has 0 amide bonds. The van der Waals surface area contributed by atoms with Gasteiger partial charge in [-0.05, 0) is 88.0 Å². The second kappa shape index (κ2) is 11.6. The summed E-state index contributed by atoms with van der Waals surface area (Å²) >= 11 is 0. The van der Waals surface area contributed by atoms with Crippen molar-refractivity contribution in [3.63, 3.8) is 0 Å². The van der Waals surface area contributed by atoms with Gasteiger partial charge in [0.25, 0.3) is 0 Å². The van der Waals surface area contributed by atoms with Crippen molar-refractivity contribution in [1.82, 2.24) is 9.13 Å². The Morgan fingerprint density at radius 3 is 2.02 bits per heavy atom. The summed E-state index contributed by atoms with van der Waals surface area (Å²) in [5.41, 5.74) is 15.3. The highest BCUT2D eigenvalue weighted by Crippen LogP contribution is 2.53. The number of aromatic nitrogens is 2. The van der Waals surface area contributed by atoms with Crippen molar-refractivity contribution in [3.8, 4) is 39.7 Å². The van der Waals surface area contributed by atoms with Gasteiger partial charge in [0.2, 0.25) is 0 Å². The quantitative estimate of drug-likeness (QED) is 0.169. The van der Waals surface area contributed by atoms with Crippen LogP contribution in [0.25, 0.3) is 104 Å². The Labute approximate surface area is 333 Å². The highest BCUT2D eigenvalue weighted by atomic mass is 16.3. The predicted octanol–water partition coefficient (Wildman–Crippen LogP) is 14.2. The van der Waals surface area contributed by atoms with Crippen LogP contribution in [0, 0.1) is 17.9 Å². The van der Waals surface area contributed by atoms with E-state index in [-0.39, 0.29) is 5.41 Å². The van der Waals surface area contributed by atoms with E-state index < -0.39 is 0 Å². The number of rotatable bonds is 3. The van der Waals surface area contributed by atoms with Crippen molar-refractivity contribution in [2.24, 2.45) is 0 Å². The molecule has 3 aromatic heterocycles. The fraction of sp³-hybridized carbons (Fsp3) is 0.0566. The van der Waals surface area contributed by atoms with E-state index in [1.54, 1.807) is 0 Å². The molecule has 1 aliphatic carbocycles. The zero-order valence-corrected chi connectivity index (χ0v) is 31.7. The number of benzene rings is 8. The molecule has 58 heavy (non-hydrogen) atoms. The normalized spacial score (nSPS) is 13.1. The van der Waals surface area contributed by atoms with Crippen molar-refractivity contribution in [2.75, 3.05) is 0 Å². The number of hydrogen-bond acceptors (Lipinski definition) is 2.